The van der Waals surface area contributed by atoms with Gasteiger partial charge in [-0.2, -0.15) is 0 Å². The maximum atomic E-state index is 13.9. The van der Waals surface area contributed by atoms with Crippen molar-refractivity contribution >= 4 is 39.1 Å². The summed E-state index contributed by atoms with van der Waals surface area (Å²) in [5.74, 6) is -0.614. The maximum Gasteiger partial charge on any atom is 0.264 e. The van der Waals surface area contributed by atoms with Crippen LogP contribution in [-0.2, 0) is 26.2 Å². The molecule has 0 spiro atoms. The van der Waals surface area contributed by atoms with Crippen LogP contribution < -0.4 is 14.4 Å². The number of amides is 2. The third kappa shape index (κ3) is 6.85. The van der Waals surface area contributed by atoms with E-state index in [2.05, 4.69) is 5.32 Å². The SMILES string of the molecule is CCNC(=O)[C@@H](C)N(Cc1ccc(Cl)cc1)C(=O)CN(c1ccccc1OC)S(=O)(=O)c1ccc(C)cc1. The van der Waals surface area contributed by atoms with Gasteiger partial charge < -0.3 is 15.0 Å². The van der Waals surface area contributed by atoms with Gasteiger partial charge in [0.25, 0.3) is 10.0 Å². The number of benzene rings is 3. The minimum absolute atomic E-state index is 0.0304. The first-order valence-electron chi connectivity index (χ1n) is 12.1. The highest BCUT2D eigenvalue weighted by atomic mass is 35.5. The Hall–Kier alpha value is -3.56. The number of carbonyl (C=O) groups is 2. The Labute approximate surface area is 229 Å². The molecule has 0 fully saturated rings. The van der Waals surface area contributed by atoms with Crippen molar-refractivity contribution in [1.82, 2.24) is 10.2 Å². The first-order valence-corrected chi connectivity index (χ1v) is 13.9. The van der Waals surface area contributed by atoms with Gasteiger partial charge in [0.05, 0.1) is 17.7 Å². The highest BCUT2D eigenvalue weighted by Gasteiger charge is 2.33. The number of ether oxygens (including phenoxy) is 1. The topological polar surface area (TPSA) is 96.0 Å². The number of aryl methyl sites for hydroxylation is 1. The van der Waals surface area contributed by atoms with Crippen molar-refractivity contribution in [2.75, 3.05) is 24.5 Å². The molecule has 0 radical (unpaired) electrons. The minimum Gasteiger partial charge on any atom is -0.495 e. The van der Waals surface area contributed by atoms with E-state index in [4.69, 9.17) is 16.3 Å². The molecule has 8 nitrogen and oxygen atoms in total. The van der Waals surface area contributed by atoms with Gasteiger partial charge in [-0.1, -0.05) is 53.6 Å². The van der Waals surface area contributed by atoms with Crippen molar-refractivity contribution in [3.63, 3.8) is 0 Å². The van der Waals surface area contributed by atoms with E-state index in [1.54, 1.807) is 74.5 Å². The third-order valence-electron chi connectivity index (χ3n) is 6.03. The summed E-state index contributed by atoms with van der Waals surface area (Å²) >= 11 is 6.02. The van der Waals surface area contributed by atoms with Crippen molar-refractivity contribution in [3.05, 3.63) is 88.9 Å². The second-order valence-electron chi connectivity index (χ2n) is 8.72. The second kappa shape index (κ2) is 12.8. The van der Waals surface area contributed by atoms with Gasteiger partial charge in [0.1, 0.15) is 18.3 Å². The van der Waals surface area contributed by atoms with E-state index < -0.39 is 28.5 Å². The van der Waals surface area contributed by atoms with Crippen molar-refractivity contribution in [2.24, 2.45) is 0 Å². The summed E-state index contributed by atoms with van der Waals surface area (Å²) in [5, 5.41) is 3.27. The van der Waals surface area contributed by atoms with Crippen molar-refractivity contribution in [1.29, 1.82) is 0 Å². The van der Waals surface area contributed by atoms with Crippen molar-refractivity contribution in [3.8, 4) is 5.75 Å². The van der Waals surface area contributed by atoms with Gasteiger partial charge in [-0.15, -0.1) is 0 Å². The van der Waals surface area contributed by atoms with Crippen molar-refractivity contribution < 1.29 is 22.7 Å². The van der Waals surface area contributed by atoms with Gasteiger partial charge in [0, 0.05) is 18.1 Å². The van der Waals surface area contributed by atoms with Gasteiger partial charge in [0.15, 0.2) is 0 Å². The van der Waals surface area contributed by atoms with E-state index in [0.717, 1.165) is 15.4 Å². The number of methoxy groups -OCH3 is 1. The van der Waals surface area contributed by atoms with Crippen LogP contribution in [0.2, 0.25) is 5.02 Å². The van der Waals surface area contributed by atoms with Gasteiger partial charge in [-0.05, 0) is 62.7 Å². The van der Waals surface area contributed by atoms with E-state index in [9.17, 15) is 18.0 Å². The van der Waals surface area contributed by atoms with Crippen LogP contribution in [0.5, 0.6) is 5.75 Å². The fraction of sp³-hybridized carbons (Fsp3) is 0.286. The van der Waals surface area contributed by atoms with Crippen LogP contribution in [-0.4, -0.2) is 51.4 Å². The van der Waals surface area contributed by atoms with Crippen LogP contribution in [0.1, 0.15) is 25.0 Å². The van der Waals surface area contributed by atoms with E-state index in [1.807, 2.05) is 6.92 Å². The lowest BCUT2D eigenvalue weighted by molar-refractivity contribution is -0.139. The molecule has 2 amide bonds. The number of para-hydroxylation sites is 2. The quantitative estimate of drug-likeness (QED) is 0.377. The van der Waals surface area contributed by atoms with Gasteiger partial charge in [0.2, 0.25) is 11.8 Å². The molecule has 3 rings (SSSR count). The molecule has 1 N–H and O–H groups in total. The largest absolute Gasteiger partial charge is 0.495 e. The zero-order chi connectivity index (χ0) is 27.9. The summed E-state index contributed by atoms with van der Waals surface area (Å²) in [5.41, 5.74) is 1.85. The molecule has 0 aliphatic heterocycles. The average Bonchev–Trinajstić information content (AvgIpc) is 2.91. The lowest BCUT2D eigenvalue weighted by atomic mass is 10.1. The molecule has 3 aromatic carbocycles. The Balaban J connectivity index is 2.06. The number of nitrogens with one attached hydrogen (secondary N) is 1. The summed E-state index contributed by atoms with van der Waals surface area (Å²) in [7, 11) is -2.75. The summed E-state index contributed by atoms with van der Waals surface area (Å²) < 4.78 is 34.2. The highest BCUT2D eigenvalue weighted by molar-refractivity contribution is 7.92. The Morgan fingerprint density at radius 1 is 1.00 bits per heavy atom. The predicted molar refractivity (Wildman–Crippen MR) is 149 cm³/mol. The fourth-order valence-electron chi connectivity index (χ4n) is 3.88. The molecule has 202 valence electrons. The lowest BCUT2D eigenvalue weighted by Crippen LogP contribution is -2.51. The Morgan fingerprint density at radius 2 is 1.63 bits per heavy atom. The number of sulfonamides is 1. The van der Waals surface area contributed by atoms with Gasteiger partial charge in [-0.3, -0.25) is 13.9 Å². The normalized spacial score (nSPS) is 11.9. The van der Waals surface area contributed by atoms with Crippen LogP contribution in [0.25, 0.3) is 0 Å². The zero-order valence-corrected chi connectivity index (χ0v) is 23.4. The van der Waals surface area contributed by atoms with E-state index in [1.165, 1.54) is 24.1 Å². The first kappa shape index (κ1) is 29.0. The van der Waals surface area contributed by atoms with Crippen LogP contribution in [0.15, 0.2) is 77.7 Å². The van der Waals surface area contributed by atoms with Crippen LogP contribution in [0.3, 0.4) is 0 Å². The van der Waals surface area contributed by atoms with E-state index in [0.29, 0.717) is 11.6 Å². The molecule has 0 heterocycles. The molecule has 1 atom stereocenters. The molecule has 0 unspecified atom stereocenters. The van der Waals surface area contributed by atoms with Gasteiger partial charge in [-0.25, -0.2) is 8.42 Å². The summed E-state index contributed by atoms with van der Waals surface area (Å²) in [6.45, 7) is 5.18. The number of halogens is 1. The molecular weight excluding hydrogens is 526 g/mol. The number of carbonyl (C=O) groups excluding carboxylic acids is 2. The molecular formula is C28H32ClN3O5S. The summed E-state index contributed by atoms with van der Waals surface area (Å²) in [4.78, 5) is 28.0. The van der Waals surface area contributed by atoms with Gasteiger partial charge >= 0.3 is 0 Å². The molecule has 38 heavy (non-hydrogen) atoms. The Kier molecular flexibility index (Phi) is 9.77. The number of hydrogen-bond donors (Lipinski definition) is 1. The molecule has 0 saturated carbocycles. The molecule has 0 aromatic heterocycles. The smallest absolute Gasteiger partial charge is 0.264 e. The molecule has 0 aliphatic carbocycles. The Morgan fingerprint density at radius 3 is 2.24 bits per heavy atom. The van der Waals surface area contributed by atoms with E-state index >= 15 is 0 Å². The van der Waals surface area contributed by atoms with Crippen LogP contribution in [0, 0.1) is 6.92 Å². The molecule has 0 saturated heterocycles. The Bertz CT molecular complexity index is 1360. The minimum atomic E-state index is -4.18. The lowest BCUT2D eigenvalue weighted by Gasteiger charge is -2.32. The highest BCUT2D eigenvalue weighted by Crippen LogP contribution is 2.32. The predicted octanol–water partition coefficient (Wildman–Crippen LogP) is 4.41. The summed E-state index contributed by atoms with van der Waals surface area (Å²) in [6, 6.07) is 19.0. The first-order chi connectivity index (χ1) is 18.1. The molecule has 3 aromatic rings. The van der Waals surface area contributed by atoms with Crippen LogP contribution in [0.4, 0.5) is 5.69 Å². The number of nitrogens with zero attached hydrogens (tertiary/aromatic N) is 2. The van der Waals surface area contributed by atoms with Crippen LogP contribution >= 0.6 is 11.6 Å². The summed E-state index contributed by atoms with van der Waals surface area (Å²) in [6.07, 6.45) is 0. The standard InChI is InChI=1S/C28H32ClN3O5S/c1-5-30-28(34)21(3)31(18-22-12-14-23(29)15-13-22)27(33)19-32(25-8-6-7-9-26(25)37-4)38(35,36)24-16-10-20(2)11-17-24/h6-17,21H,5,18-19H2,1-4H3,(H,30,34)/t21-/m1/s1. The van der Waals surface area contributed by atoms with Crippen molar-refractivity contribution in [2.45, 2.75) is 38.3 Å². The molecule has 10 heteroatoms. The second-order valence-corrected chi connectivity index (χ2v) is 11.0. The number of likely N-dealkylation sites (N-methyl/N-ethyl adjacent to an activating group) is 1. The molecule has 0 aliphatic rings. The number of hydrogen-bond acceptors (Lipinski definition) is 5. The third-order valence-corrected chi connectivity index (χ3v) is 8.05. The number of anilines is 1. The fourth-order valence-corrected chi connectivity index (χ4v) is 5.43. The van der Waals surface area contributed by atoms with E-state index in [-0.39, 0.29) is 28.8 Å². The zero-order valence-electron chi connectivity index (χ0n) is 21.8. The monoisotopic (exact) mass is 557 g/mol. The average molecular weight is 558 g/mol. The maximum absolute atomic E-state index is 13.9. The molecule has 0 bridgehead atoms. The number of rotatable bonds is 11.